The molecule has 0 bridgehead atoms. The van der Waals surface area contributed by atoms with Crippen molar-refractivity contribution in [1.82, 2.24) is 9.78 Å². The average Bonchev–Trinajstić information content (AvgIpc) is 2.87. The van der Waals surface area contributed by atoms with Crippen LogP contribution in [0.3, 0.4) is 0 Å². The Labute approximate surface area is 118 Å². The van der Waals surface area contributed by atoms with Crippen LogP contribution in [0.1, 0.15) is 19.9 Å². The molecule has 108 valence electrons. The van der Waals surface area contributed by atoms with Gasteiger partial charge in [0.05, 0.1) is 16.8 Å². The Morgan fingerprint density at radius 3 is 2.30 bits per heavy atom. The molecule has 1 heterocycles. The van der Waals surface area contributed by atoms with Crippen LogP contribution in [0, 0.1) is 0 Å². The van der Waals surface area contributed by atoms with Gasteiger partial charge in [0, 0.05) is 25.0 Å². The summed E-state index contributed by atoms with van der Waals surface area (Å²) in [6, 6.07) is 6.73. The second kappa shape index (κ2) is 5.54. The van der Waals surface area contributed by atoms with E-state index in [1.54, 1.807) is 42.2 Å². The van der Waals surface area contributed by atoms with Crippen molar-refractivity contribution in [2.75, 3.05) is 17.1 Å². The van der Waals surface area contributed by atoms with Gasteiger partial charge in [-0.15, -0.1) is 0 Å². The second-order valence-electron chi connectivity index (χ2n) is 4.68. The Morgan fingerprint density at radius 2 is 1.80 bits per heavy atom. The molecule has 0 atom stereocenters. The summed E-state index contributed by atoms with van der Waals surface area (Å²) in [4.78, 5) is 0.216. The van der Waals surface area contributed by atoms with Gasteiger partial charge in [0.25, 0.3) is 10.0 Å². The molecule has 2 aromatic rings. The Balaban J connectivity index is 2.21. The fourth-order valence-electron chi connectivity index (χ4n) is 1.69. The van der Waals surface area contributed by atoms with Gasteiger partial charge >= 0.3 is 0 Å². The molecule has 7 heteroatoms. The van der Waals surface area contributed by atoms with Crippen molar-refractivity contribution in [3.8, 4) is 0 Å². The molecule has 0 saturated heterocycles. The predicted molar refractivity (Wildman–Crippen MR) is 79.4 cm³/mol. The van der Waals surface area contributed by atoms with Crippen LogP contribution in [-0.4, -0.2) is 25.2 Å². The lowest BCUT2D eigenvalue weighted by Gasteiger charge is -2.07. The van der Waals surface area contributed by atoms with Crippen LogP contribution in [0.5, 0.6) is 0 Å². The number of anilines is 2. The monoisotopic (exact) mass is 294 g/mol. The maximum absolute atomic E-state index is 12.2. The number of nitrogens with one attached hydrogen (secondary N) is 2. The number of hydrogen-bond donors (Lipinski definition) is 2. The third-order valence-corrected chi connectivity index (χ3v) is 4.23. The number of aromatic nitrogens is 2. The van der Waals surface area contributed by atoms with E-state index in [4.69, 9.17) is 0 Å². The first-order chi connectivity index (χ1) is 9.42. The van der Waals surface area contributed by atoms with Crippen molar-refractivity contribution in [2.45, 2.75) is 24.8 Å². The van der Waals surface area contributed by atoms with Crippen LogP contribution < -0.4 is 10.0 Å². The molecule has 1 aromatic heterocycles. The van der Waals surface area contributed by atoms with Crippen molar-refractivity contribution in [3.05, 3.63) is 36.7 Å². The molecule has 0 fully saturated rings. The Bertz CT molecular complexity index is 675. The highest BCUT2D eigenvalue weighted by Gasteiger charge is 2.15. The smallest absolute Gasteiger partial charge is 0.261 e. The maximum Gasteiger partial charge on any atom is 0.261 e. The Morgan fingerprint density at radius 1 is 1.15 bits per heavy atom. The summed E-state index contributed by atoms with van der Waals surface area (Å²) >= 11 is 0. The quantitative estimate of drug-likeness (QED) is 0.887. The first-order valence-electron chi connectivity index (χ1n) is 6.27. The van der Waals surface area contributed by atoms with Gasteiger partial charge in [0.1, 0.15) is 0 Å². The van der Waals surface area contributed by atoms with Crippen LogP contribution in [0.15, 0.2) is 41.6 Å². The van der Waals surface area contributed by atoms with E-state index in [0.29, 0.717) is 5.69 Å². The number of benzene rings is 1. The zero-order valence-corrected chi connectivity index (χ0v) is 12.5. The van der Waals surface area contributed by atoms with Crippen molar-refractivity contribution < 1.29 is 8.42 Å². The van der Waals surface area contributed by atoms with Crippen molar-refractivity contribution in [3.63, 3.8) is 0 Å². The molecule has 2 N–H and O–H groups in total. The molecule has 0 aliphatic heterocycles. The van der Waals surface area contributed by atoms with E-state index in [-0.39, 0.29) is 10.9 Å². The van der Waals surface area contributed by atoms with Gasteiger partial charge < -0.3 is 5.32 Å². The zero-order valence-electron chi connectivity index (χ0n) is 11.7. The lowest BCUT2D eigenvalue weighted by atomic mass is 10.3. The molecule has 0 saturated carbocycles. The van der Waals surface area contributed by atoms with E-state index in [1.165, 1.54) is 6.20 Å². The van der Waals surface area contributed by atoms with Gasteiger partial charge in [0.15, 0.2) is 0 Å². The van der Waals surface area contributed by atoms with Crippen molar-refractivity contribution >= 4 is 21.4 Å². The minimum atomic E-state index is -3.58. The standard InChI is InChI=1S/C13H18N4O2S/c1-10(2)17-9-12(8-15-17)16-20(18,19)13-6-4-11(14-3)5-7-13/h4-10,14,16H,1-3H3. The van der Waals surface area contributed by atoms with Gasteiger partial charge in [-0.3, -0.25) is 9.40 Å². The van der Waals surface area contributed by atoms with Gasteiger partial charge in [-0.25, -0.2) is 8.42 Å². The maximum atomic E-state index is 12.2. The largest absolute Gasteiger partial charge is 0.388 e. The number of rotatable bonds is 5. The molecular formula is C13H18N4O2S. The van der Waals surface area contributed by atoms with E-state index >= 15 is 0 Å². The number of hydrogen-bond acceptors (Lipinski definition) is 4. The van der Waals surface area contributed by atoms with Crippen LogP contribution in [0.4, 0.5) is 11.4 Å². The summed E-state index contributed by atoms with van der Waals surface area (Å²) in [5.41, 5.74) is 1.31. The highest BCUT2D eigenvalue weighted by molar-refractivity contribution is 7.92. The molecule has 0 unspecified atom stereocenters. The SMILES string of the molecule is CNc1ccc(S(=O)(=O)Nc2cnn(C(C)C)c2)cc1. The summed E-state index contributed by atoms with van der Waals surface area (Å²) in [5.74, 6) is 0. The molecule has 1 aromatic carbocycles. The topological polar surface area (TPSA) is 76.0 Å². The van der Waals surface area contributed by atoms with Crippen LogP contribution in [-0.2, 0) is 10.0 Å². The summed E-state index contributed by atoms with van der Waals surface area (Å²) < 4.78 is 28.6. The molecule has 20 heavy (non-hydrogen) atoms. The third-order valence-electron chi connectivity index (χ3n) is 2.84. The molecule has 0 aliphatic rings. The molecule has 0 amide bonds. The highest BCUT2D eigenvalue weighted by atomic mass is 32.2. The molecule has 0 radical (unpaired) electrons. The lowest BCUT2D eigenvalue weighted by Crippen LogP contribution is -2.12. The lowest BCUT2D eigenvalue weighted by molar-refractivity contribution is 0.532. The first-order valence-corrected chi connectivity index (χ1v) is 7.75. The van der Waals surface area contributed by atoms with Gasteiger partial charge in [-0.2, -0.15) is 5.10 Å². The number of nitrogens with zero attached hydrogens (tertiary/aromatic N) is 2. The molecule has 6 nitrogen and oxygen atoms in total. The summed E-state index contributed by atoms with van der Waals surface area (Å²) in [6.45, 7) is 3.95. The van der Waals surface area contributed by atoms with E-state index in [2.05, 4.69) is 15.1 Å². The fourth-order valence-corrected chi connectivity index (χ4v) is 2.72. The zero-order chi connectivity index (χ0) is 14.8. The molecule has 0 aliphatic carbocycles. The van der Waals surface area contributed by atoms with E-state index in [1.807, 2.05) is 13.8 Å². The van der Waals surface area contributed by atoms with E-state index in [0.717, 1.165) is 5.69 Å². The van der Waals surface area contributed by atoms with E-state index in [9.17, 15) is 8.42 Å². The average molecular weight is 294 g/mol. The summed E-state index contributed by atoms with van der Waals surface area (Å²) in [7, 11) is -1.80. The first kappa shape index (κ1) is 14.4. The summed E-state index contributed by atoms with van der Waals surface area (Å²) in [5, 5.41) is 7.04. The van der Waals surface area contributed by atoms with Crippen LogP contribution in [0.25, 0.3) is 0 Å². The van der Waals surface area contributed by atoms with Crippen molar-refractivity contribution in [2.24, 2.45) is 0 Å². The second-order valence-corrected chi connectivity index (χ2v) is 6.37. The fraction of sp³-hybridized carbons (Fsp3) is 0.308. The minimum absolute atomic E-state index is 0.183. The van der Waals surface area contributed by atoms with Crippen LogP contribution >= 0.6 is 0 Å². The molecule has 0 spiro atoms. The molecule has 2 rings (SSSR count). The minimum Gasteiger partial charge on any atom is -0.388 e. The van der Waals surface area contributed by atoms with E-state index < -0.39 is 10.0 Å². The Kier molecular flexibility index (Phi) is 3.99. The van der Waals surface area contributed by atoms with Crippen molar-refractivity contribution in [1.29, 1.82) is 0 Å². The molecular weight excluding hydrogens is 276 g/mol. The normalized spacial score (nSPS) is 11.6. The highest BCUT2D eigenvalue weighted by Crippen LogP contribution is 2.18. The third kappa shape index (κ3) is 3.11. The predicted octanol–water partition coefficient (Wildman–Crippen LogP) is 2.31. The number of sulfonamides is 1. The van der Waals surface area contributed by atoms with Gasteiger partial charge in [-0.1, -0.05) is 0 Å². The Hall–Kier alpha value is -2.02. The summed E-state index contributed by atoms with van der Waals surface area (Å²) in [6.07, 6.45) is 3.17. The van der Waals surface area contributed by atoms with Gasteiger partial charge in [-0.05, 0) is 38.1 Å². The van der Waals surface area contributed by atoms with Gasteiger partial charge in [0.2, 0.25) is 0 Å². The van der Waals surface area contributed by atoms with Crippen LogP contribution in [0.2, 0.25) is 0 Å².